The van der Waals surface area contributed by atoms with E-state index >= 15 is 0 Å². The third-order valence-electron chi connectivity index (χ3n) is 4.33. The average Bonchev–Trinajstić information content (AvgIpc) is 3.02. The Kier molecular flexibility index (Phi) is 12.3. The van der Waals surface area contributed by atoms with Crippen LogP contribution in [0.4, 0.5) is 18.9 Å². The molecule has 0 bridgehead atoms. The minimum Gasteiger partial charge on any atom is -0.406 e. The zero-order chi connectivity index (χ0) is 19.0. The maximum absolute atomic E-state index is 12.3. The van der Waals surface area contributed by atoms with Crippen molar-refractivity contribution in [1.82, 2.24) is 5.32 Å². The van der Waals surface area contributed by atoms with E-state index in [1.54, 1.807) is 6.07 Å². The van der Waals surface area contributed by atoms with Gasteiger partial charge >= 0.3 is 6.36 Å². The van der Waals surface area contributed by atoms with Crippen LogP contribution in [0.2, 0.25) is 0 Å². The van der Waals surface area contributed by atoms with Crippen molar-refractivity contribution in [3.8, 4) is 5.75 Å². The Labute approximate surface area is 176 Å². The Balaban J connectivity index is 0.00000364. The topological polar surface area (TPSA) is 67.6 Å². The fourth-order valence-corrected chi connectivity index (χ4v) is 3.07. The van der Waals surface area contributed by atoms with Gasteiger partial charge in [0.15, 0.2) is 0 Å². The van der Waals surface area contributed by atoms with E-state index < -0.39 is 6.36 Å². The summed E-state index contributed by atoms with van der Waals surface area (Å²) in [5.41, 5.74) is 6.09. The van der Waals surface area contributed by atoms with E-state index in [9.17, 15) is 18.0 Å². The molecule has 0 saturated carbocycles. The molecule has 2 rings (SSSR count). The van der Waals surface area contributed by atoms with E-state index in [4.69, 9.17) is 5.73 Å². The summed E-state index contributed by atoms with van der Waals surface area (Å²) in [6.45, 7) is 1.94. The molecule has 5 nitrogen and oxygen atoms in total. The normalized spacial score (nSPS) is 16.1. The van der Waals surface area contributed by atoms with Crippen LogP contribution in [0.25, 0.3) is 0 Å². The Morgan fingerprint density at radius 3 is 2.61 bits per heavy atom. The zero-order valence-corrected chi connectivity index (χ0v) is 17.2. The smallest absolute Gasteiger partial charge is 0.406 e. The van der Waals surface area contributed by atoms with Crippen molar-refractivity contribution >= 4 is 36.4 Å². The zero-order valence-electron chi connectivity index (χ0n) is 15.5. The van der Waals surface area contributed by atoms with E-state index in [0.717, 1.165) is 32.1 Å². The van der Waals surface area contributed by atoms with Crippen LogP contribution in [0.3, 0.4) is 0 Å². The fourth-order valence-electron chi connectivity index (χ4n) is 3.07. The molecular formula is C18H28Cl2F3N3O2. The van der Waals surface area contributed by atoms with Crippen molar-refractivity contribution in [2.45, 2.75) is 50.9 Å². The molecule has 1 atom stereocenters. The van der Waals surface area contributed by atoms with Gasteiger partial charge in [0.25, 0.3) is 0 Å². The van der Waals surface area contributed by atoms with Crippen molar-refractivity contribution in [3.63, 3.8) is 0 Å². The predicted molar refractivity (Wildman–Crippen MR) is 109 cm³/mol. The van der Waals surface area contributed by atoms with E-state index in [1.807, 2.05) is 4.90 Å². The van der Waals surface area contributed by atoms with Crippen LogP contribution in [0.1, 0.15) is 38.5 Å². The third kappa shape index (κ3) is 9.71. The van der Waals surface area contributed by atoms with Gasteiger partial charge in [-0.25, -0.2) is 0 Å². The lowest BCUT2D eigenvalue weighted by atomic mass is 10.1. The molecule has 1 unspecified atom stereocenters. The predicted octanol–water partition coefficient (Wildman–Crippen LogP) is 4.03. The molecule has 1 aliphatic heterocycles. The van der Waals surface area contributed by atoms with Gasteiger partial charge in [0, 0.05) is 37.3 Å². The van der Waals surface area contributed by atoms with Gasteiger partial charge in [-0.2, -0.15) is 0 Å². The minimum atomic E-state index is -4.70. The first kappa shape index (κ1) is 26.6. The van der Waals surface area contributed by atoms with Gasteiger partial charge in [-0.1, -0.05) is 18.9 Å². The minimum absolute atomic E-state index is 0. The average molecular weight is 446 g/mol. The first-order valence-corrected chi connectivity index (χ1v) is 8.97. The number of carbonyl (C=O) groups excluding carboxylic acids is 1. The number of ether oxygens (including phenoxy) is 1. The summed E-state index contributed by atoms with van der Waals surface area (Å²) in [6.07, 6.45) is 0.420. The van der Waals surface area contributed by atoms with Crippen LogP contribution in [-0.2, 0) is 4.79 Å². The van der Waals surface area contributed by atoms with Gasteiger partial charge in [0.2, 0.25) is 5.91 Å². The lowest BCUT2D eigenvalue weighted by molar-refractivity contribution is -0.274. The second-order valence-electron chi connectivity index (χ2n) is 6.50. The molecule has 1 aromatic carbocycles. The number of nitrogens with one attached hydrogen (secondary N) is 1. The van der Waals surface area contributed by atoms with Crippen molar-refractivity contribution in [1.29, 1.82) is 0 Å². The van der Waals surface area contributed by atoms with E-state index in [1.165, 1.54) is 18.2 Å². The molecule has 10 heteroatoms. The summed E-state index contributed by atoms with van der Waals surface area (Å²) in [5, 5.41) is 3.01. The molecule has 1 amide bonds. The number of unbranched alkanes of at least 4 members (excludes halogenated alkanes) is 3. The number of nitrogens with two attached hydrogens (primary N) is 1. The number of rotatable bonds is 9. The largest absolute Gasteiger partial charge is 0.573 e. The summed E-state index contributed by atoms with van der Waals surface area (Å²) in [5.74, 6) is -0.210. The van der Waals surface area contributed by atoms with Crippen LogP contribution in [0.5, 0.6) is 5.75 Å². The molecule has 28 heavy (non-hydrogen) atoms. The molecule has 162 valence electrons. The Bertz CT molecular complexity index is 591. The second-order valence-corrected chi connectivity index (χ2v) is 6.50. The maximum Gasteiger partial charge on any atom is 0.573 e. The molecule has 1 heterocycles. The van der Waals surface area contributed by atoms with Gasteiger partial charge in [0.1, 0.15) is 5.75 Å². The molecule has 3 N–H and O–H groups in total. The van der Waals surface area contributed by atoms with Crippen molar-refractivity contribution in [2.75, 3.05) is 24.5 Å². The van der Waals surface area contributed by atoms with Crippen molar-refractivity contribution in [3.05, 3.63) is 24.3 Å². The summed E-state index contributed by atoms with van der Waals surface area (Å²) >= 11 is 0. The number of carbonyl (C=O) groups is 1. The van der Waals surface area contributed by atoms with Gasteiger partial charge in [-0.3, -0.25) is 4.79 Å². The van der Waals surface area contributed by atoms with E-state index in [0.29, 0.717) is 31.7 Å². The van der Waals surface area contributed by atoms with Crippen LogP contribution < -0.4 is 20.7 Å². The highest BCUT2D eigenvalue weighted by atomic mass is 35.5. The number of halogens is 5. The Hall–Kier alpha value is -1.38. The van der Waals surface area contributed by atoms with Crippen LogP contribution in [0.15, 0.2) is 24.3 Å². The number of anilines is 1. The molecule has 0 spiro atoms. The number of hydrogen-bond donors (Lipinski definition) is 2. The van der Waals surface area contributed by atoms with Crippen molar-refractivity contribution < 1.29 is 22.7 Å². The molecule has 1 aromatic rings. The number of nitrogens with zero attached hydrogens (tertiary/aromatic N) is 1. The van der Waals surface area contributed by atoms with E-state index in [-0.39, 0.29) is 42.5 Å². The van der Waals surface area contributed by atoms with E-state index in [2.05, 4.69) is 10.1 Å². The summed E-state index contributed by atoms with van der Waals surface area (Å²) in [6, 6.07) is 5.93. The molecule has 1 aliphatic rings. The Morgan fingerprint density at radius 2 is 1.93 bits per heavy atom. The highest BCUT2D eigenvalue weighted by Gasteiger charge is 2.31. The number of hydrogen-bond acceptors (Lipinski definition) is 4. The SMILES string of the molecule is Cl.Cl.NCCCCCCC(=O)NC1CCN(c2cccc(OC(F)(F)F)c2)C1. The number of amides is 1. The fraction of sp³-hybridized carbons (Fsp3) is 0.611. The lowest BCUT2D eigenvalue weighted by Gasteiger charge is -2.20. The number of benzene rings is 1. The second kappa shape index (κ2) is 13.0. The van der Waals surface area contributed by atoms with Gasteiger partial charge in [0.05, 0.1) is 0 Å². The summed E-state index contributed by atoms with van der Waals surface area (Å²) in [7, 11) is 0. The standard InChI is InChI=1S/C18H26F3N3O2.2ClH/c19-18(20,21)26-16-7-5-6-15(12-16)24-11-9-14(13-24)23-17(25)8-3-1-2-4-10-22;;/h5-7,12,14H,1-4,8-11,13,22H2,(H,23,25);2*1H. The van der Waals surface area contributed by atoms with Gasteiger partial charge in [-0.15, -0.1) is 38.0 Å². The van der Waals surface area contributed by atoms with Crippen molar-refractivity contribution in [2.24, 2.45) is 5.73 Å². The molecule has 1 saturated heterocycles. The van der Waals surface area contributed by atoms with Crippen LogP contribution in [-0.4, -0.2) is 37.9 Å². The molecule has 0 aromatic heterocycles. The quantitative estimate of drug-likeness (QED) is 0.562. The highest BCUT2D eigenvalue weighted by molar-refractivity contribution is 5.85. The summed E-state index contributed by atoms with van der Waals surface area (Å²) in [4.78, 5) is 13.9. The molecule has 0 aliphatic carbocycles. The van der Waals surface area contributed by atoms with Crippen LogP contribution >= 0.6 is 24.8 Å². The van der Waals surface area contributed by atoms with Crippen LogP contribution in [0, 0.1) is 0 Å². The highest BCUT2D eigenvalue weighted by Crippen LogP contribution is 2.28. The Morgan fingerprint density at radius 1 is 1.21 bits per heavy atom. The molecular weight excluding hydrogens is 418 g/mol. The maximum atomic E-state index is 12.3. The lowest BCUT2D eigenvalue weighted by Crippen LogP contribution is -2.37. The number of alkyl halides is 3. The molecule has 1 fully saturated rings. The molecule has 0 radical (unpaired) electrons. The first-order chi connectivity index (χ1) is 12.4. The summed E-state index contributed by atoms with van der Waals surface area (Å²) < 4.78 is 41.0. The van der Waals surface area contributed by atoms with Gasteiger partial charge < -0.3 is 20.7 Å². The first-order valence-electron chi connectivity index (χ1n) is 8.97. The third-order valence-corrected chi connectivity index (χ3v) is 4.33. The van der Waals surface area contributed by atoms with Gasteiger partial charge in [-0.05, 0) is 37.9 Å². The monoisotopic (exact) mass is 445 g/mol.